The Morgan fingerprint density at radius 2 is 1.59 bits per heavy atom. The molecular formula is C15H29N3O3S. The number of nitrogens with one attached hydrogen (secondary N) is 1. The fraction of sp³-hybridized carbons (Fsp3) is 0.933. The Labute approximate surface area is 134 Å². The molecule has 0 atom stereocenters. The van der Waals surface area contributed by atoms with Gasteiger partial charge in [0.05, 0.1) is 6.26 Å². The summed E-state index contributed by atoms with van der Waals surface area (Å²) in [6.07, 6.45) is 9.77. The van der Waals surface area contributed by atoms with E-state index in [0.717, 1.165) is 12.8 Å². The predicted octanol–water partition coefficient (Wildman–Crippen LogP) is 1.77. The van der Waals surface area contributed by atoms with Crippen LogP contribution in [0, 0.1) is 0 Å². The van der Waals surface area contributed by atoms with Gasteiger partial charge in [-0.05, 0) is 25.7 Å². The number of sulfonamides is 1. The average Bonchev–Trinajstić information content (AvgIpc) is 2.74. The van der Waals surface area contributed by atoms with Gasteiger partial charge in [0.2, 0.25) is 10.0 Å². The Balaban J connectivity index is 1.79. The summed E-state index contributed by atoms with van der Waals surface area (Å²) in [5.74, 6) is 0. The maximum absolute atomic E-state index is 12.3. The molecule has 1 heterocycles. The molecule has 2 fully saturated rings. The molecule has 0 radical (unpaired) electrons. The van der Waals surface area contributed by atoms with E-state index >= 15 is 0 Å². The Kier molecular flexibility index (Phi) is 6.09. The third-order valence-corrected chi connectivity index (χ3v) is 6.32. The van der Waals surface area contributed by atoms with Crippen LogP contribution in [-0.4, -0.2) is 62.1 Å². The van der Waals surface area contributed by atoms with Crippen LogP contribution >= 0.6 is 0 Å². The van der Waals surface area contributed by atoms with E-state index in [1.54, 1.807) is 7.05 Å². The minimum atomic E-state index is -3.15. The van der Waals surface area contributed by atoms with Crippen molar-refractivity contribution in [3.8, 4) is 0 Å². The highest BCUT2D eigenvalue weighted by molar-refractivity contribution is 7.88. The number of amides is 2. The zero-order valence-corrected chi connectivity index (χ0v) is 14.6. The summed E-state index contributed by atoms with van der Waals surface area (Å²) >= 11 is 0. The number of likely N-dealkylation sites (tertiary alicyclic amines) is 1. The van der Waals surface area contributed by atoms with Crippen molar-refractivity contribution in [2.24, 2.45) is 0 Å². The third kappa shape index (κ3) is 4.84. The maximum Gasteiger partial charge on any atom is 0.317 e. The summed E-state index contributed by atoms with van der Waals surface area (Å²) in [4.78, 5) is 14.2. The van der Waals surface area contributed by atoms with Gasteiger partial charge in [0.25, 0.3) is 0 Å². The highest BCUT2D eigenvalue weighted by Crippen LogP contribution is 2.20. The normalized spacial score (nSPS) is 22.6. The van der Waals surface area contributed by atoms with Crippen LogP contribution in [0.2, 0.25) is 0 Å². The molecule has 0 aromatic rings. The summed E-state index contributed by atoms with van der Waals surface area (Å²) in [5, 5.41) is 3.16. The molecular weight excluding hydrogens is 302 g/mol. The number of nitrogens with zero attached hydrogens (tertiary/aromatic N) is 2. The molecule has 128 valence electrons. The molecule has 1 saturated carbocycles. The minimum absolute atomic E-state index is 0.0110. The first-order valence-electron chi connectivity index (χ1n) is 8.36. The molecule has 0 aromatic carbocycles. The Morgan fingerprint density at radius 3 is 2.09 bits per heavy atom. The van der Waals surface area contributed by atoms with Crippen LogP contribution in [0.1, 0.15) is 51.4 Å². The third-order valence-electron chi connectivity index (χ3n) is 4.97. The predicted molar refractivity (Wildman–Crippen MR) is 87.2 cm³/mol. The van der Waals surface area contributed by atoms with Gasteiger partial charge in [-0.3, -0.25) is 0 Å². The van der Waals surface area contributed by atoms with Crippen molar-refractivity contribution in [3.63, 3.8) is 0 Å². The van der Waals surface area contributed by atoms with E-state index in [-0.39, 0.29) is 12.1 Å². The molecule has 1 aliphatic heterocycles. The molecule has 0 unspecified atom stereocenters. The smallest absolute Gasteiger partial charge is 0.317 e. The van der Waals surface area contributed by atoms with Crippen molar-refractivity contribution in [1.82, 2.24) is 14.5 Å². The highest BCUT2D eigenvalue weighted by atomic mass is 32.2. The van der Waals surface area contributed by atoms with Crippen LogP contribution in [-0.2, 0) is 10.0 Å². The molecule has 1 saturated heterocycles. The fourth-order valence-electron chi connectivity index (χ4n) is 3.39. The number of hydrogen-bond donors (Lipinski definition) is 1. The van der Waals surface area contributed by atoms with Crippen LogP contribution in [0.3, 0.4) is 0 Å². The maximum atomic E-state index is 12.3. The first-order valence-corrected chi connectivity index (χ1v) is 10.2. The molecule has 6 nitrogen and oxygen atoms in total. The van der Waals surface area contributed by atoms with E-state index in [1.165, 1.54) is 36.2 Å². The SMILES string of the molecule is CN(C1CCN(C(=O)NC2CCCCCC2)CC1)S(C)(=O)=O. The number of urea groups is 1. The zero-order valence-electron chi connectivity index (χ0n) is 13.8. The lowest BCUT2D eigenvalue weighted by Crippen LogP contribution is -2.51. The van der Waals surface area contributed by atoms with Crippen molar-refractivity contribution < 1.29 is 13.2 Å². The average molecular weight is 331 g/mol. The lowest BCUT2D eigenvalue weighted by molar-refractivity contribution is 0.160. The van der Waals surface area contributed by atoms with Crippen LogP contribution in [0.15, 0.2) is 0 Å². The molecule has 2 amide bonds. The van der Waals surface area contributed by atoms with Gasteiger partial charge in [0.15, 0.2) is 0 Å². The molecule has 22 heavy (non-hydrogen) atoms. The quantitative estimate of drug-likeness (QED) is 0.801. The summed E-state index contributed by atoms with van der Waals surface area (Å²) in [5.41, 5.74) is 0. The van der Waals surface area contributed by atoms with Crippen LogP contribution < -0.4 is 5.32 Å². The summed E-state index contributed by atoms with van der Waals surface area (Å²) in [7, 11) is -1.53. The van der Waals surface area contributed by atoms with Crippen molar-refractivity contribution in [2.45, 2.75) is 63.5 Å². The monoisotopic (exact) mass is 331 g/mol. The molecule has 0 spiro atoms. The van der Waals surface area contributed by atoms with Gasteiger partial charge >= 0.3 is 6.03 Å². The van der Waals surface area contributed by atoms with Crippen molar-refractivity contribution in [1.29, 1.82) is 0 Å². The van der Waals surface area contributed by atoms with Crippen molar-refractivity contribution in [3.05, 3.63) is 0 Å². The number of hydrogen-bond acceptors (Lipinski definition) is 3. The van der Waals surface area contributed by atoms with Crippen molar-refractivity contribution >= 4 is 16.1 Å². The molecule has 1 N–H and O–H groups in total. The van der Waals surface area contributed by atoms with Crippen molar-refractivity contribution in [2.75, 3.05) is 26.4 Å². The van der Waals surface area contributed by atoms with E-state index in [0.29, 0.717) is 32.0 Å². The minimum Gasteiger partial charge on any atom is -0.335 e. The van der Waals surface area contributed by atoms with Crippen LogP contribution in [0.4, 0.5) is 4.79 Å². The van der Waals surface area contributed by atoms with Crippen LogP contribution in [0.25, 0.3) is 0 Å². The number of carbonyl (C=O) groups excluding carboxylic acids is 1. The number of carbonyl (C=O) groups is 1. The van der Waals surface area contributed by atoms with Crippen LogP contribution in [0.5, 0.6) is 0 Å². The number of rotatable bonds is 3. The van der Waals surface area contributed by atoms with Gasteiger partial charge in [-0.2, -0.15) is 0 Å². The van der Waals surface area contributed by atoms with Gasteiger partial charge in [-0.25, -0.2) is 17.5 Å². The summed E-state index contributed by atoms with van der Waals surface area (Å²) in [6, 6.07) is 0.343. The van der Waals surface area contributed by atoms with E-state index in [9.17, 15) is 13.2 Å². The van der Waals surface area contributed by atoms with Gasteiger partial charge < -0.3 is 10.2 Å². The fourth-order valence-corrected chi connectivity index (χ4v) is 4.15. The number of piperidine rings is 1. The van der Waals surface area contributed by atoms with Gasteiger partial charge in [-0.15, -0.1) is 0 Å². The van der Waals surface area contributed by atoms with Gasteiger partial charge in [0.1, 0.15) is 0 Å². The molecule has 7 heteroatoms. The highest BCUT2D eigenvalue weighted by Gasteiger charge is 2.29. The van der Waals surface area contributed by atoms with E-state index in [1.807, 2.05) is 4.90 Å². The standard InChI is InChI=1S/C15H29N3O3S/c1-17(22(2,20)21)14-9-11-18(12-10-14)15(19)16-13-7-5-3-4-6-8-13/h13-14H,3-12H2,1-2H3,(H,16,19). The molecule has 1 aliphatic carbocycles. The molecule has 0 bridgehead atoms. The summed E-state index contributed by atoms with van der Waals surface area (Å²) < 4.78 is 24.6. The molecule has 0 aromatic heterocycles. The van der Waals surface area contributed by atoms with E-state index in [4.69, 9.17) is 0 Å². The Morgan fingerprint density at radius 1 is 1.05 bits per heavy atom. The van der Waals surface area contributed by atoms with E-state index < -0.39 is 10.0 Å². The Hall–Kier alpha value is -0.820. The van der Waals surface area contributed by atoms with E-state index in [2.05, 4.69) is 5.32 Å². The topological polar surface area (TPSA) is 69.7 Å². The second kappa shape index (κ2) is 7.64. The lowest BCUT2D eigenvalue weighted by atomic mass is 10.1. The second-order valence-electron chi connectivity index (χ2n) is 6.64. The zero-order chi connectivity index (χ0) is 16.2. The Bertz CT molecular complexity index is 464. The molecule has 2 aliphatic rings. The van der Waals surface area contributed by atoms with Gasteiger partial charge in [-0.1, -0.05) is 25.7 Å². The first kappa shape index (κ1) is 17.5. The summed E-state index contributed by atoms with van der Waals surface area (Å²) in [6.45, 7) is 1.26. The van der Waals surface area contributed by atoms with Gasteiger partial charge in [0, 0.05) is 32.2 Å². The first-order chi connectivity index (χ1) is 10.4. The lowest BCUT2D eigenvalue weighted by Gasteiger charge is -2.36. The largest absolute Gasteiger partial charge is 0.335 e. The molecule has 2 rings (SSSR count). The second-order valence-corrected chi connectivity index (χ2v) is 8.68.